The molecule has 0 aromatic heterocycles. The number of nitrogens with one attached hydrogen (secondary N) is 2. The maximum Gasteiger partial charge on any atom is 0.341 e. The minimum Gasteiger partial charge on any atom is -0.483 e. The van der Waals surface area contributed by atoms with Gasteiger partial charge in [0.1, 0.15) is 17.1 Å². The van der Waals surface area contributed by atoms with Crippen LogP contribution in [0.2, 0.25) is 0 Å². The molecule has 2 N–H and O–H groups in total. The second-order valence-corrected chi connectivity index (χ2v) is 5.11. The maximum absolute atomic E-state index is 12.8. The highest BCUT2D eigenvalue weighted by atomic mass is 19.1. The molecule has 136 valence electrons. The monoisotopic (exact) mass is 360 g/mol. The van der Waals surface area contributed by atoms with Gasteiger partial charge in [0.05, 0.1) is 13.7 Å². The van der Waals surface area contributed by atoms with E-state index in [0.717, 1.165) is 0 Å². The highest BCUT2D eigenvalue weighted by molar-refractivity contribution is 5.95. The molecule has 0 unspecified atom stereocenters. The molecule has 0 aliphatic rings. The lowest BCUT2D eigenvalue weighted by molar-refractivity contribution is -0.125. The molecular weight excluding hydrogens is 343 g/mol. The number of esters is 1. The fraction of sp³-hybridized carbons (Fsp3) is 0.167. The number of para-hydroxylation sites is 1. The summed E-state index contributed by atoms with van der Waals surface area (Å²) in [6, 6.07) is 11.6. The molecular formula is C18H17FN2O5. The van der Waals surface area contributed by atoms with Crippen LogP contribution in [0.3, 0.4) is 0 Å². The van der Waals surface area contributed by atoms with Crippen molar-refractivity contribution in [2.45, 2.75) is 0 Å². The highest BCUT2D eigenvalue weighted by Crippen LogP contribution is 2.18. The molecule has 2 aromatic carbocycles. The smallest absolute Gasteiger partial charge is 0.341 e. The Kier molecular flexibility index (Phi) is 6.67. The van der Waals surface area contributed by atoms with E-state index in [1.54, 1.807) is 12.1 Å². The van der Waals surface area contributed by atoms with Crippen LogP contribution >= 0.6 is 0 Å². The van der Waals surface area contributed by atoms with E-state index < -0.39 is 23.6 Å². The largest absolute Gasteiger partial charge is 0.483 e. The van der Waals surface area contributed by atoms with Gasteiger partial charge in [-0.1, -0.05) is 12.1 Å². The minimum absolute atomic E-state index is 0.192. The molecule has 0 saturated carbocycles. The van der Waals surface area contributed by atoms with Gasteiger partial charge in [-0.25, -0.2) is 9.18 Å². The fourth-order valence-corrected chi connectivity index (χ4v) is 1.98. The summed E-state index contributed by atoms with van der Waals surface area (Å²) in [5, 5.41) is 4.89. The van der Waals surface area contributed by atoms with Gasteiger partial charge in [-0.15, -0.1) is 0 Å². The summed E-state index contributed by atoms with van der Waals surface area (Å²) in [5.74, 6) is -1.82. The molecule has 2 amide bonds. The number of carbonyl (C=O) groups is 3. The van der Waals surface area contributed by atoms with Gasteiger partial charge in [0.25, 0.3) is 5.91 Å². The summed E-state index contributed by atoms with van der Waals surface area (Å²) >= 11 is 0. The van der Waals surface area contributed by atoms with Crippen LogP contribution < -0.4 is 15.4 Å². The molecule has 7 nitrogen and oxygen atoms in total. The zero-order valence-corrected chi connectivity index (χ0v) is 14.0. The predicted octanol–water partition coefficient (Wildman–Crippen LogP) is 1.75. The number of amides is 2. The van der Waals surface area contributed by atoms with Crippen molar-refractivity contribution in [2.24, 2.45) is 0 Å². The average Bonchev–Trinajstić information content (AvgIpc) is 2.66. The molecule has 0 aliphatic carbocycles. The summed E-state index contributed by atoms with van der Waals surface area (Å²) in [7, 11) is 1.24. The second kappa shape index (κ2) is 9.16. The van der Waals surface area contributed by atoms with Crippen molar-refractivity contribution in [1.29, 1.82) is 0 Å². The Bertz CT molecular complexity index is 792. The van der Waals surface area contributed by atoms with Crippen molar-refractivity contribution >= 4 is 23.5 Å². The molecule has 2 aromatic rings. The first-order valence-corrected chi connectivity index (χ1v) is 7.62. The standard InChI is InChI=1S/C18H17FN2O5/c1-25-18(24)14-4-2-3-5-15(14)26-11-17(23)20-10-16(22)21-13-8-6-12(19)7-9-13/h2-9H,10-11H2,1H3,(H,20,23)(H,21,22). The number of carbonyl (C=O) groups excluding carboxylic acids is 3. The fourth-order valence-electron chi connectivity index (χ4n) is 1.98. The molecule has 0 fully saturated rings. The first kappa shape index (κ1) is 18.9. The number of rotatable bonds is 7. The van der Waals surface area contributed by atoms with Crippen LogP contribution in [0.4, 0.5) is 10.1 Å². The molecule has 0 spiro atoms. The van der Waals surface area contributed by atoms with Crippen LogP contribution in [0.15, 0.2) is 48.5 Å². The molecule has 0 saturated heterocycles. The van der Waals surface area contributed by atoms with Crippen LogP contribution in [-0.2, 0) is 14.3 Å². The quantitative estimate of drug-likeness (QED) is 0.734. The maximum atomic E-state index is 12.8. The van der Waals surface area contributed by atoms with Crippen molar-refractivity contribution in [1.82, 2.24) is 5.32 Å². The lowest BCUT2D eigenvalue weighted by atomic mass is 10.2. The second-order valence-electron chi connectivity index (χ2n) is 5.11. The van der Waals surface area contributed by atoms with Gasteiger partial charge in [0, 0.05) is 5.69 Å². The summed E-state index contributed by atoms with van der Waals surface area (Å²) in [5.41, 5.74) is 0.603. The molecule has 2 rings (SSSR count). The molecule has 8 heteroatoms. The van der Waals surface area contributed by atoms with E-state index in [9.17, 15) is 18.8 Å². The lowest BCUT2D eigenvalue weighted by Crippen LogP contribution is -2.35. The van der Waals surface area contributed by atoms with Crippen molar-refractivity contribution in [2.75, 3.05) is 25.6 Å². The van der Waals surface area contributed by atoms with Gasteiger partial charge < -0.3 is 20.1 Å². The van der Waals surface area contributed by atoms with Crippen molar-refractivity contribution < 1.29 is 28.2 Å². The van der Waals surface area contributed by atoms with Crippen molar-refractivity contribution in [3.63, 3.8) is 0 Å². The van der Waals surface area contributed by atoms with Crippen LogP contribution in [0, 0.1) is 5.82 Å². The zero-order valence-electron chi connectivity index (χ0n) is 14.0. The van der Waals surface area contributed by atoms with Gasteiger partial charge >= 0.3 is 5.97 Å². The minimum atomic E-state index is -0.584. The van der Waals surface area contributed by atoms with Gasteiger partial charge in [0.2, 0.25) is 5.91 Å². The van der Waals surface area contributed by atoms with Crippen LogP contribution in [0.1, 0.15) is 10.4 Å². The summed E-state index contributed by atoms with van der Waals surface area (Å²) < 4.78 is 22.7. The normalized spacial score (nSPS) is 9.92. The van der Waals surface area contributed by atoms with E-state index in [1.165, 1.54) is 43.5 Å². The lowest BCUT2D eigenvalue weighted by Gasteiger charge is -2.10. The molecule has 0 aliphatic heterocycles. The Balaban J connectivity index is 1.79. The molecule has 0 heterocycles. The van der Waals surface area contributed by atoms with Crippen molar-refractivity contribution in [3.05, 3.63) is 59.9 Å². The third-order valence-corrected chi connectivity index (χ3v) is 3.23. The number of hydrogen-bond acceptors (Lipinski definition) is 5. The van der Waals surface area contributed by atoms with E-state index in [2.05, 4.69) is 15.4 Å². The Morgan fingerprint density at radius 2 is 1.69 bits per heavy atom. The van der Waals surface area contributed by atoms with E-state index in [-0.39, 0.29) is 24.5 Å². The highest BCUT2D eigenvalue weighted by Gasteiger charge is 2.13. The van der Waals surface area contributed by atoms with E-state index in [0.29, 0.717) is 5.69 Å². The first-order valence-electron chi connectivity index (χ1n) is 7.62. The Morgan fingerprint density at radius 1 is 1.00 bits per heavy atom. The summed E-state index contributed by atoms with van der Waals surface area (Å²) in [6.07, 6.45) is 0. The van der Waals surface area contributed by atoms with E-state index in [1.807, 2.05) is 0 Å². The number of halogens is 1. The number of ether oxygens (including phenoxy) is 2. The topological polar surface area (TPSA) is 93.7 Å². The number of hydrogen-bond donors (Lipinski definition) is 2. The van der Waals surface area contributed by atoms with Crippen LogP contribution in [0.25, 0.3) is 0 Å². The Morgan fingerprint density at radius 3 is 2.38 bits per heavy atom. The summed E-state index contributed by atoms with van der Waals surface area (Å²) in [4.78, 5) is 35.1. The Labute approximate surface area is 149 Å². The third kappa shape index (κ3) is 5.59. The van der Waals surface area contributed by atoms with Crippen molar-refractivity contribution in [3.8, 4) is 5.75 Å². The van der Waals surface area contributed by atoms with Gasteiger partial charge in [-0.2, -0.15) is 0 Å². The summed E-state index contributed by atoms with van der Waals surface area (Å²) in [6.45, 7) is -0.657. The molecule has 0 radical (unpaired) electrons. The number of methoxy groups -OCH3 is 1. The molecule has 0 bridgehead atoms. The van der Waals surface area contributed by atoms with E-state index >= 15 is 0 Å². The average molecular weight is 360 g/mol. The molecule has 26 heavy (non-hydrogen) atoms. The zero-order chi connectivity index (χ0) is 18.9. The molecule has 0 atom stereocenters. The predicted molar refractivity (Wildman–Crippen MR) is 91.3 cm³/mol. The van der Waals surface area contributed by atoms with Gasteiger partial charge in [-0.05, 0) is 36.4 Å². The van der Waals surface area contributed by atoms with E-state index in [4.69, 9.17) is 4.74 Å². The van der Waals surface area contributed by atoms with Crippen LogP contribution in [0.5, 0.6) is 5.75 Å². The Hall–Kier alpha value is -3.42. The van der Waals surface area contributed by atoms with Gasteiger partial charge in [-0.3, -0.25) is 9.59 Å². The number of anilines is 1. The van der Waals surface area contributed by atoms with Crippen LogP contribution in [-0.4, -0.2) is 38.0 Å². The SMILES string of the molecule is COC(=O)c1ccccc1OCC(=O)NCC(=O)Nc1ccc(F)cc1. The van der Waals surface area contributed by atoms with Gasteiger partial charge in [0.15, 0.2) is 6.61 Å². The third-order valence-electron chi connectivity index (χ3n) is 3.23. The number of benzene rings is 2. The first-order chi connectivity index (χ1) is 12.5.